The van der Waals surface area contributed by atoms with E-state index in [2.05, 4.69) is 15.3 Å². The maximum absolute atomic E-state index is 13.2. The topological polar surface area (TPSA) is 122 Å². The van der Waals surface area contributed by atoms with Gasteiger partial charge in [-0.25, -0.2) is 27.5 Å². The average molecular weight is 564 g/mol. The van der Waals surface area contributed by atoms with Gasteiger partial charge < -0.3 is 15.0 Å². The van der Waals surface area contributed by atoms with Gasteiger partial charge in [0, 0.05) is 32.0 Å². The zero-order chi connectivity index (χ0) is 28.3. The maximum Gasteiger partial charge on any atom is 0.410 e. The molecule has 2 unspecified atom stereocenters. The van der Waals surface area contributed by atoms with Crippen molar-refractivity contribution in [1.29, 1.82) is 0 Å². The van der Waals surface area contributed by atoms with Crippen LogP contribution in [0.5, 0.6) is 0 Å². The lowest BCUT2D eigenvalue weighted by Gasteiger charge is -2.35. The highest BCUT2D eigenvalue weighted by Gasteiger charge is 2.35. The number of benzene rings is 2. The van der Waals surface area contributed by atoms with Gasteiger partial charge in [0.2, 0.25) is 0 Å². The number of ketones is 1. The summed E-state index contributed by atoms with van der Waals surface area (Å²) in [5.41, 5.74) is 2.44. The van der Waals surface area contributed by atoms with E-state index in [1.54, 1.807) is 29.2 Å². The minimum Gasteiger partial charge on any atom is -0.445 e. The first-order valence-electron chi connectivity index (χ1n) is 13.4. The third kappa shape index (κ3) is 5.94. The lowest BCUT2D eigenvalue weighted by atomic mass is 9.84. The first-order chi connectivity index (χ1) is 19.2. The van der Waals surface area contributed by atoms with E-state index in [4.69, 9.17) is 4.74 Å². The van der Waals surface area contributed by atoms with Crippen molar-refractivity contribution in [2.24, 2.45) is 11.8 Å². The summed E-state index contributed by atoms with van der Waals surface area (Å²) in [6, 6.07) is 16.2. The molecule has 0 spiro atoms. The number of carbonyl (C=O) groups is 2. The number of amides is 1. The molecule has 0 aliphatic carbocycles. The Balaban J connectivity index is 1.18. The number of hydrogen-bond donors (Lipinski definition) is 1. The summed E-state index contributed by atoms with van der Waals surface area (Å²) in [5, 5.41) is 3.05. The molecule has 0 saturated carbocycles. The third-order valence-electron chi connectivity index (χ3n) is 7.50. The van der Waals surface area contributed by atoms with Crippen molar-refractivity contribution in [1.82, 2.24) is 14.9 Å². The average Bonchev–Trinajstić information content (AvgIpc) is 3.40. The zero-order valence-electron chi connectivity index (χ0n) is 22.6. The minimum atomic E-state index is -3.75. The number of piperidine rings is 1. The molecule has 1 aromatic heterocycles. The lowest BCUT2D eigenvalue weighted by Crippen LogP contribution is -2.47. The number of nitrogens with zero attached hydrogens (tertiary/aromatic N) is 4. The van der Waals surface area contributed by atoms with Crippen LogP contribution < -0.4 is 9.62 Å². The second-order valence-electron chi connectivity index (χ2n) is 10.3. The number of Topliss-reactive ketones (excluding diaryl/α,β-unsaturated/α-hetero) is 1. The van der Waals surface area contributed by atoms with E-state index in [9.17, 15) is 18.0 Å². The lowest BCUT2D eigenvalue weighted by molar-refractivity contribution is -0.124. The fourth-order valence-electron chi connectivity index (χ4n) is 5.04. The second kappa shape index (κ2) is 11.6. The number of ether oxygens (including phenoxy) is 1. The number of aryl methyl sites for hydroxylation is 1. The van der Waals surface area contributed by atoms with Gasteiger partial charge in [0.05, 0.1) is 23.3 Å². The summed E-state index contributed by atoms with van der Waals surface area (Å²) in [6.07, 6.45) is 2.17. The fourth-order valence-corrected chi connectivity index (χ4v) is 6.49. The first kappa shape index (κ1) is 27.6. The smallest absolute Gasteiger partial charge is 0.410 e. The third-order valence-corrected chi connectivity index (χ3v) is 9.30. The Morgan fingerprint density at radius 3 is 2.58 bits per heavy atom. The molecule has 2 atom stereocenters. The predicted molar refractivity (Wildman–Crippen MR) is 150 cm³/mol. The highest BCUT2D eigenvalue weighted by atomic mass is 32.2. The highest BCUT2D eigenvalue weighted by molar-refractivity contribution is 7.92. The van der Waals surface area contributed by atoms with Crippen LogP contribution in [0.1, 0.15) is 30.2 Å². The Morgan fingerprint density at radius 1 is 1.07 bits per heavy atom. The SMILES string of the molecule is Cc1ccc(S(=O)(=O)N2CCc3nc(NCC(=O)C4CN(C(=O)OCc5ccccc5)CCC4C)cnc32)cc1. The molecule has 1 amide bonds. The second-order valence-corrected chi connectivity index (χ2v) is 12.2. The molecule has 3 heterocycles. The molecule has 1 saturated heterocycles. The summed E-state index contributed by atoms with van der Waals surface area (Å²) >= 11 is 0. The van der Waals surface area contributed by atoms with Crippen LogP contribution in [0.15, 0.2) is 65.7 Å². The Kier molecular flexibility index (Phi) is 8.02. The van der Waals surface area contributed by atoms with Gasteiger partial charge in [0.15, 0.2) is 11.6 Å². The Morgan fingerprint density at radius 2 is 1.82 bits per heavy atom. The van der Waals surface area contributed by atoms with Crippen LogP contribution in [-0.2, 0) is 32.6 Å². The Labute approximate surface area is 234 Å². The summed E-state index contributed by atoms with van der Waals surface area (Å²) in [4.78, 5) is 36.5. The molecular formula is C29H33N5O5S. The van der Waals surface area contributed by atoms with Crippen LogP contribution in [0.2, 0.25) is 0 Å². The van der Waals surface area contributed by atoms with Crippen LogP contribution in [0, 0.1) is 18.8 Å². The van der Waals surface area contributed by atoms with Crippen molar-refractivity contribution in [2.75, 3.05) is 35.8 Å². The molecule has 210 valence electrons. The molecule has 0 radical (unpaired) electrons. The summed E-state index contributed by atoms with van der Waals surface area (Å²) < 4.78 is 33.1. The van der Waals surface area contributed by atoms with Gasteiger partial charge in [0.1, 0.15) is 12.4 Å². The molecular weight excluding hydrogens is 530 g/mol. The molecule has 10 nitrogen and oxygen atoms in total. The normalized spacial score (nSPS) is 18.8. The van der Waals surface area contributed by atoms with E-state index in [1.807, 2.05) is 44.2 Å². The molecule has 40 heavy (non-hydrogen) atoms. The Hall–Kier alpha value is -3.99. The molecule has 11 heteroatoms. The molecule has 1 N–H and O–H groups in total. The van der Waals surface area contributed by atoms with Gasteiger partial charge in [0.25, 0.3) is 10.0 Å². The molecule has 5 rings (SSSR count). The van der Waals surface area contributed by atoms with Crippen molar-refractivity contribution in [3.63, 3.8) is 0 Å². The van der Waals surface area contributed by atoms with Gasteiger partial charge in [-0.3, -0.25) is 4.79 Å². The number of rotatable bonds is 8. The van der Waals surface area contributed by atoms with Crippen molar-refractivity contribution in [3.8, 4) is 0 Å². The summed E-state index contributed by atoms with van der Waals surface area (Å²) in [6.45, 7) is 5.24. The molecule has 2 aliphatic rings. The molecule has 2 aliphatic heterocycles. The van der Waals surface area contributed by atoms with Gasteiger partial charge >= 0.3 is 6.09 Å². The first-order valence-corrected chi connectivity index (χ1v) is 14.8. The Bertz CT molecular complexity index is 1480. The number of anilines is 2. The maximum atomic E-state index is 13.2. The number of nitrogens with one attached hydrogen (secondary N) is 1. The van der Waals surface area contributed by atoms with E-state index >= 15 is 0 Å². The molecule has 0 bridgehead atoms. The van der Waals surface area contributed by atoms with Crippen molar-refractivity contribution < 1.29 is 22.7 Å². The number of likely N-dealkylation sites (tertiary alicyclic amines) is 1. The number of carbonyl (C=O) groups excluding carboxylic acids is 2. The molecule has 2 aromatic carbocycles. The van der Waals surface area contributed by atoms with Crippen LogP contribution in [0.3, 0.4) is 0 Å². The number of aromatic nitrogens is 2. The number of sulfonamides is 1. The minimum absolute atomic E-state index is 0.0285. The van der Waals surface area contributed by atoms with Crippen molar-refractivity contribution in [2.45, 2.75) is 38.2 Å². The molecule has 3 aromatic rings. The number of fused-ring (bicyclic) bond motifs is 1. The summed E-state index contributed by atoms with van der Waals surface area (Å²) in [7, 11) is -3.75. The fraction of sp³-hybridized carbons (Fsp3) is 0.379. The van der Waals surface area contributed by atoms with E-state index in [1.165, 1.54) is 10.5 Å². The van der Waals surface area contributed by atoms with E-state index in [0.717, 1.165) is 11.1 Å². The zero-order valence-corrected chi connectivity index (χ0v) is 23.4. The monoisotopic (exact) mass is 563 g/mol. The number of hydrogen-bond acceptors (Lipinski definition) is 8. The van der Waals surface area contributed by atoms with Crippen LogP contribution >= 0.6 is 0 Å². The van der Waals surface area contributed by atoms with Crippen LogP contribution in [-0.4, -0.2) is 61.3 Å². The van der Waals surface area contributed by atoms with Gasteiger partial charge in [-0.15, -0.1) is 0 Å². The highest BCUT2D eigenvalue weighted by Crippen LogP contribution is 2.31. The van der Waals surface area contributed by atoms with E-state index in [-0.39, 0.29) is 42.2 Å². The van der Waals surface area contributed by atoms with E-state index in [0.29, 0.717) is 43.3 Å². The largest absolute Gasteiger partial charge is 0.445 e. The molecule has 1 fully saturated rings. The quantitative estimate of drug-likeness (QED) is 0.439. The standard InChI is InChI=1S/C29H33N5O5S/c1-20-8-10-23(11-9-20)40(37,38)34-15-13-25-28(34)31-17-27(32-25)30-16-26(35)24-18-33(14-12-21(24)2)29(36)39-19-22-6-4-3-5-7-22/h3-11,17,21,24H,12-16,18-19H2,1-2H3,(H,30,32). The van der Waals surface area contributed by atoms with Gasteiger partial charge in [-0.2, -0.15) is 0 Å². The van der Waals surface area contributed by atoms with Crippen LogP contribution in [0.4, 0.5) is 16.4 Å². The van der Waals surface area contributed by atoms with Crippen LogP contribution in [0.25, 0.3) is 0 Å². The van der Waals surface area contributed by atoms with Crippen molar-refractivity contribution >= 4 is 33.5 Å². The summed E-state index contributed by atoms with van der Waals surface area (Å²) in [5.74, 6) is 0.480. The van der Waals surface area contributed by atoms with Gasteiger partial charge in [-0.05, 0) is 37.0 Å². The predicted octanol–water partition coefficient (Wildman–Crippen LogP) is 3.81. The van der Waals surface area contributed by atoms with E-state index < -0.39 is 16.1 Å². The van der Waals surface area contributed by atoms with Gasteiger partial charge in [-0.1, -0.05) is 55.0 Å². The van der Waals surface area contributed by atoms with Crippen molar-refractivity contribution in [3.05, 3.63) is 77.6 Å².